The minimum Gasteiger partial charge on any atom is -0.478 e. The van der Waals surface area contributed by atoms with Gasteiger partial charge in [-0.2, -0.15) is 0 Å². The number of carboxylic acids is 1. The van der Waals surface area contributed by atoms with Crippen LogP contribution < -0.4 is 0 Å². The quantitative estimate of drug-likeness (QED) is 0.782. The number of aromatic nitrogens is 1. The Kier molecular flexibility index (Phi) is 3.48. The number of nitrogens with zero attached hydrogens (tertiary/aromatic N) is 1. The molecule has 3 nitrogen and oxygen atoms in total. The van der Waals surface area contributed by atoms with E-state index < -0.39 is 5.97 Å². The second kappa shape index (κ2) is 5.59. The Morgan fingerprint density at radius 2 is 1.33 bits per heavy atom. The van der Waals surface area contributed by atoms with Crippen LogP contribution in [0.3, 0.4) is 0 Å². The summed E-state index contributed by atoms with van der Waals surface area (Å²) >= 11 is 0. The Morgan fingerprint density at radius 3 is 1.86 bits per heavy atom. The fourth-order valence-corrected chi connectivity index (χ4v) is 2.17. The number of pyridine rings is 1. The van der Waals surface area contributed by atoms with Crippen LogP contribution in [0.25, 0.3) is 22.4 Å². The van der Waals surface area contributed by atoms with E-state index in [-0.39, 0.29) is 0 Å². The third-order valence-corrected chi connectivity index (χ3v) is 3.31. The molecule has 0 spiro atoms. The zero-order valence-corrected chi connectivity index (χ0v) is 11.2. The molecule has 21 heavy (non-hydrogen) atoms. The molecule has 1 heterocycles. The Labute approximate surface area is 122 Å². The van der Waals surface area contributed by atoms with Crippen molar-refractivity contribution in [3.63, 3.8) is 0 Å². The normalized spacial score (nSPS) is 10.3. The summed E-state index contributed by atoms with van der Waals surface area (Å²) in [5.41, 5.74) is 4.33. The maximum atomic E-state index is 10.8. The van der Waals surface area contributed by atoms with E-state index >= 15 is 0 Å². The van der Waals surface area contributed by atoms with E-state index in [1.165, 1.54) is 0 Å². The molecular weight excluding hydrogens is 262 g/mol. The van der Waals surface area contributed by atoms with Crippen LogP contribution in [-0.2, 0) is 0 Å². The molecule has 0 atom stereocenters. The average molecular weight is 275 g/mol. The Balaban J connectivity index is 1.89. The smallest absolute Gasteiger partial charge is 0.335 e. The first-order chi connectivity index (χ1) is 10.2. The maximum Gasteiger partial charge on any atom is 0.335 e. The first-order valence-corrected chi connectivity index (χ1v) is 6.59. The minimum atomic E-state index is -0.910. The van der Waals surface area contributed by atoms with E-state index in [4.69, 9.17) is 5.11 Å². The van der Waals surface area contributed by atoms with E-state index in [1.807, 2.05) is 54.6 Å². The highest BCUT2D eigenvalue weighted by molar-refractivity contribution is 5.88. The number of rotatable bonds is 3. The molecule has 0 bridgehead atoms. The summed E-state index contributed by atoms with van der Waals surface area (Å²) in [6, 6.07) is 20.7. The summed E-state index contributed by atoms with van der Waals surface area (Å²) in [5.74, 6) is -0.910. The lowest BCUT2D eigenvalue weighted by atomic mass is 10.0. The van der Waals surface area contributed by atoms with Gasteiger partial charge in [-0.3, -0.25) is 4.98 Å². The van der Waals surface area contributed by atoms with Gasteiger partial charge in [-0.05, 0) is 35.4 Å². The molecule has 0 aliphatic rings. The van der Waals surface area contributed by atoms with Crippen LogP contribution in [0.5, 0.6) is 0 Å². The largest absolute Gasteiger partial charge is 0.478 e. The zero-order chi connectivity index (χ0) is 14.7. The zero-order valence-electron chi connectivity index (χ0n) is 11.2. The van der Waals surface area contributed by atoms with Crippen molar-refractivity contribution in [2.75, 3.05) is 0 Å². The summed E-state index contributed by atoms with van der Waals surface area (Å²) < 4.78 is 0. The van der Waals surface area contributed by atoms with Gasteiger partial charge >= 0.3 is 5.97 Å². The molecule has 102 valence electrons. The van der Waals surface area contributed by atoms with Gasteiger partial charge < -0.3 is 5.11 Å². The number of benzene rings is 2. The first kappa shape index (κ1) is 13.1. The molecule has 3 aromatic rings. The highest BCUT2D eigenvalue weighted by Gasteiger charge is 2.04. The minimum absolute atomic E-state index is 0.295. The van der Waals surface area contributed by atoms with E-state index in [0.717, 1.165) is 22.4 Å². The van der Waals surface area contributed by atoms with Crippen molar-refractivity contribution in [3.8, 4) is 22.4 Å². The van der Waals surface area contributed by atoms with Crippen molar-refractivity contribution in [1.29, 1.82) is 0 Å². The molecule has 0 unspecified atom stereocenters. The average Bonchev–Trinajstić information content (AvgIpc) is 2.56. The topological polar surface area (TPSA) is 50.2 Å². The standard InChI is InChI=1S/C18H13NO2/c20-18(21)16-10-6-14(7-11-16)13-4-8-15(9-5-13)17-3-1-2-12-19-17/h1-12H,(H,20,21). The Hall–Kier alpha value is -2.94. The molecule has 0 saturated carbocycles. The number of hydrogen-bond acceptors (Lipinski definition) is 2. The van der Waals surface area contributed by atoms with Gasteiger partial charge in [0.2, 0.25) is 0 Å². The highest BCUT2D eigenvalue weighted by atomic mass is 16.4. The second-order valence-electron chi connectivity index (χ2n) is 4.67. The fraction of sp³-hybridized carbons (Fsp3) is 0. The molecule has 0 aliphatic heterocycles. The predicted molar refractivity (Wildman–Crippen MR) is 82.1 cm³/mol. The van der Waals surface area contributed by atoms with E-state index in [2.05, 4.69) is 4.98 Å². The molecular formula is C18H13NO2. The van der Waals surface area contributed by atoms with Crippen molar-refractivity contribution in [1.82, 2.24) is 4.98 Å². The molecule has 0 fully saturated rings. The van der Waals surface area contributed by atoms with Gasteiger partial charge in [-0.25, -0.2) is 4.79 Å². The van der Waals surface area contributed by atoms with Crippen LogP contribution in [0.2, 0.25) is 0 Å². The van der Waals surface area contributed by atoms with Crippen LogP contribution in [0, 0.1) is 0 Å². The fourth-order valence-electron chi connectivity index (χ4n) is 2.17. The van der Waals surface area contributed by atoms with Crippen LogP contribution in [-0.4, -0.2) is 16.1 Å². The first-order valence-electron chi connectivity index (χ1n) is 6.59. The van der Waals surface area contributed by atoms with Crippen LogP contribution in [0.15, 0.2) is 72.9 Å². The molecule has 0 radical (unpaired) electrons. The summed E-state index contributed by atoms with van der Waals surface area (Å²) in [7, 11) is 0. The van der Waals surface area contributed by atoms with Crippen molar-refractivity contribution >= 4 is 5.97 Å². The van der Waals surface area contributed by atoms with Gasteiger partial charge in [0.25, 0.3) is 0 Å². The monoisotopic (exact) mass is 275 g/mol. The third-order valence-electron chi connectivity index (χ3n) is 3.31. The molecule has 2 aromatic carbocycles. The van der Waals surface area contributed by atoms with Crippen molar-refractivity contribution in [2.24, 2.45) is 0 Å². The van der Waals surface area contributed by atoms with Gasteiger partial charge in [0, 0.05) is 11.8 Å². The number of carbonyl (C=O) groups is 1. The van der Waals surface area contributed by atoms with Gasteiger partial charge in [0.1, 0.15) is 0 Å². The van der Waals surface area contributed by atoms with Crippen LogP contribution in [0.1, 0.15) is 10.4 Å². The molecule has 3 heteroatoms. The molecule has 1 N–H and O–H groups in total. The molecule has 1 aromatic heterocycles. The molecule has 0 saturated heterocycles. The van der Waals surface area contributed by atoms with E-state index in [0.29, 0.717) is 5.56 Å². The summed E-state index contributed by atoms with van der Waals surface area (Å²) in [4.78, 5) is 15.2. The molecule has 3 rings (SSSR count). The van der Waals surface area contributed by atoms with Gasteiger partial charge in [0.15, 0.2) is 0 Å². The number of aromatic carboxylic acids is 1. The van der Waals surface area contributed by atoms with E-state index in [1.54, 1.807) is 18.3 Å². The lowest BCUT2D eigenvalue weighted by molar-refractivity contribution is 0.0697. The van der Waals surface area contributed by atoms with E-state index in [9.17, 15) is 4.79 Å². The van der Waals surface area contributed by atoms with Gasteiger partial charge in [0.05, 0.1) is 11.3 Å². The second-order valence-corrected chi connectivity index (χ2v) is 4.67. The SMILES string of the molecule is O=C(O)c1ccc(-c2ccc(-c3ccccn3)cc2)cc1. The predicted octanol–water partition coefficient (Wildman–Crippen LogP) is 4.11. The number of hydrogen-bond donors (Lipinski definition) is 1. The molecule has 0 amide bonds. The highest BCUT2D eigenvalue weighted by Crippen LogP contribution is 2.24. The van der Waals surface area contributed by atoms with Gasteiger partial charge in [-0.1, -0.05) is 42.5 Å². The van der Waals surface area contributed by atoms with Crippen LogP contribution >= 0.6 is 0 Å². The lowest BCUT2D eigenvalue weighted by Crippen LogP contribution is -1.94. The summed E-state index contributed by atoms with van der Waals surface area (Å²) in [6.07, 6.45) is 1.77. The van der Waals surface area contributed by atoms with Crippen molar-refractivity contribution < 1.29 is 9.90 Å². The van der Waals surface area contributed by atoms with Crippen LogP contribution in [0.4, 0.5) is 0 Å². The van der Waals surface area contributed by atoms with Crippen molar-refractivity contribution in [3.05, 3.63) is 78.5 Å². The molecule has 0 aliphatic carbocycles. The third kappa shape index (κ3) is 2.82. The lowest BCUT2D eigenvalue weighted by Gasteiger charge is -2.05. The number of carboxylic acid groups (broad SMARTS) is 1. The van der Waals surface area contributed by atoms with Gasteiger partial charge in [-0.15, -0.1) is 0 Å². The summed E-state index contributed by atoms with van der Waals surface area (Å²) in [5, 5.41) is 8.90. The Bertz CT molecular complexity index is 747. The van der Waals surface area contributed by atoms with Crippen molar-refractivity contribution in [2.45, 2.75) is 0 Å². The Morgan fingerprint density at radius 1 is 0.762 bits per heavy atom. The summed E-state index contributed by atoms with van der Waals surface area (Å²) in [6.45, 7) is 0. The maximum absolute atomic E-state index is 10.8.